The maximum Gasteiger partial charge on any atom is 0.387 e. The van der Waals surface area contributed by atoms with E-state index in [9.17, 15) is 17.8 Å². The van der Waals surface area contributed by atoms with Gasteiger partial charge in [-0.1, -0.05) is 6.42 Å². The highest BCUT2D eigenvalue weighted by atomic mass is 32.2. The minimum Gasteiger partial charge on any atom is -0.433 e. The highest BCUT2D eigenvalue weighted by Crippen LogP contribution is 2.46. The summed E-state index contributed by atoms with van der Waals surface area (Å²) in [5.41, 5.74) is 5.17. The second kappa shape index (κ2) is 9.45. The topological polar surface area (TPSA) is 120 Å². The fraction of sp³-hybridized carbons (Fsp3) is 0.500. The number of carbonyl (C=O) groups is 1. The molecule has 0 fully saturated rings. The van der Waals surface area contributed by atoms with Crippen LogP contribution in [0.4, 0.5) is 13.2 Å². The lowest BCUT2D eigenvalue weighted by Gasteiger charge is -2.46. The fourth-order valence-electron chi connectivity index (χ4n) is 4.72. The van der Waals surface area contributed by atoms with Crippen molar-refractivity contribution in [1.82, 2.24) is 9.97 Å². The Kier molecular flexibility index (Phi) is 6.84. The SMILES string of the molecule is CC1(C)C(N)=N[C@](C)(c2nc(CC(=O)c3ccc(OC(F)F)cn3)ccc2F)[C@@H]2CCCCN=[S@@]21=O. The number of hydrogen-bond acceptors (Lipinski definition) is 8. The van der Waals surface area contributed by atoms with Crippen LogP contribution in [0.5, 0.6) is 5.75 Å². The molecule has 36 heavy (non-hydrogen) atoms. The summed E-state index contributed by atoms with van der Waals surface area (Å²) < 4.78 is 62.1. The van der Waals surface area contributed by atoms with Crippen LogP contribution in [0.1, 0.15) is 61.9 Å². The normalized spacial score (nSPS) is 27.4. The van der Waals surface area contributed by atoms with Crippen molar-refractivity contribution < 1.29 is 26.9 Å². The van der Waals surface area contributed by atoms with Crippen LogP contribution < -0.4 is 10.5 Å². The smallest absolute Gasteiger partial charge is 0.387 e. The van der Waals surface area contributed by atoms with E-state index in [2.05, 4.69) is 24.1 Å². The third-order valence-corrected chi connectivity index (χ3v) is 10.5. The Hall–Kier alpha value is -3.02. The first-order valence-electron chi connectivity index (χ1n) is 11.6. The highest BCUT2D eigenvalue weighted by Gasteiger charge is 2.56. The van der Waals surface area contributed by atoms with Crippen LogP contribution >= 0.6 is 0 Å². The zero-order chi connectivity index (χ0) is 26.3. The van der Waals surface area contributed by atoms with Gasteiger partial charge in [0, 0.05) is 12.2 Å². The standard InChI is InChI=1S/C24H28F3N5O3S/c1-23(2)21(28)32-24(3,19-6-4-5-11-30-36(19,23)34)20-16(25)9-7-14(31-20)12-18(33)17-10-8-15(13-29-17)35-22(26)27/h7-10,13,19,22H,4-6,11-12H2,1-3H3,(H2,28,32)/t19-,24-,36+/m0/s1. The summed E-state index contributed by atoms with van der Waals surface area (Å²) in [4.78, 5) is 25.7. The molecular weight excluding hydrogens is 495 g/mol. The van der Waals surface area contributed by atoms with Gasteiger partial charge < -0.3 is 10.5 Å². The van der Waals surface area contributed by atoms with E-state index in [0.29, 0.717) is 13.0 Å². The molecule has 2 aromatic rings. The number of ketones is 1. The average molecular weight is 524 g/mol. The molecule has 0 saturated carbocycles. The number of carbonyl (C=O) groups excluding carboxylic acids is 1. The van der Waals surface area contributed by atoms with E-state index in [1.54, 1.807) is 20.8 Å². The highest BCUT2D eigenvalue weighted by molar-refractivity contribution is 7.96. The Morgan fingerprint density at radius 2 is 1.97 bits per heavy atom. The summed E-state index contributed by atoms with van der Waals surface area (Å²) >= 11 is 0. The van der Waals surface area contributed by atoms with Gasteiger partial charge in [-0.2, -0.15) is 8.78 Å². The minimum atomic E-state index is -3.01. The molecule has 2 aromatic heterocycles. The van der Waals surface area contributed by atoms with E-state index in [4.69, 9.17) is 5.73 Å². The van der Waals surface area contributed by atoms with Gasteiger partial charge in [-0.15, -0.1) is 0 Å². The van der Waals surface area contributed by atoms with Crippen LogP contribution in [0.3, 0.4) is 0 Å². The van der Waals surface area contributed by atoms with Crippen LogP contribution in [0.25, 0.3) is 0 Å². The van der Waals surface area contributed by atoms with Crippen molar-refractivity contribution in [1.29, 1.82) is 0 Å². The molecule has 4 rings (SSSR count). The Morgan fingerprint density at radius 1 is 1.22 bits per heavy atom. The van der Waals surface area contributed by atoms with E-state index in [0.717, 1.165) is 19.0 Å². The number of fused-ring (bicyclic) bond motifs is 1. The number of pyridine rings is 2. The first kappa shape index (κ1) is 26.1. The molecule has 0 radical (unpaired) electrons. The molecule has 0 aromatic carbocycles. The number of ether oxygens (including phenoxy) is 1. The van der Waals surface area contributed by atoms with Gasteiger partial charge in [0.2, 0.25) is 0 Å². The van der Waals surface area contributed by atoms with Gasteiger partial charge in [-0.3, -0.25) is 14.8 Å². The molecule has 12 heteroatoms. The maximum absolute atomic E-state index is 15.2. The number of aliphatic imine (C=N–C) groups is 1. The summed E-state index contributed by atoms with van der Waals surface area (Å²) in [6.07, 6.45) is 2.83. The van der Waals surface area contributed by atoms with Crippen molar-refractivity contribution in [2.45, 2.75) is 68.6 Å². The lowest BCUT2D eigenvalue weighted by atomic mass is 9.88. The van der Waals surface area contributed by atoms with Crippen LogP contribution in [-0.2, 0) is 21.7 Å². The number of nitrogens with zero attached hydrogens (tertiary/aromatic N) is 4. The van der Waals surface area contributed by atoms with Crippen molar-refractivity contribution in [3.8, 4) is 5.75 Å². The number of aromatic nitrogens is 2. The number of amidine groups is 1. The van der Waals surface area contributed by atoms with Gasteiger partial charge >= 0.3 is 6.61 Å². The molecular formula is C24H28F3N5O3S. The molecule has 2 aliphatic rings. The number of nitrogens with two attached hydrogens (primary N) is 1. The third kappa shape index (κ3) is 4.46. The molecule has 2 aliphatic heterocycles. The molecule has 8 nitrogen and oxygen atoms in total. The molecule has 2 N–H and O–H groups in total. The number of alkyl halides is 2. The van der Waals surface area contributed by atoms with Crippen LogP contribution in [0.2, 0.25) is 0 Å². The van der Waals surface area contributed by atoms with Crippen LogP contribution in [0, 0.1) is 5.82 Å². The lowest BCUT2D eigenvalue weighted by Crippen LogP contribution is -2.59. The third-order valence-electron chi connectivity index (χ3n) is 6.84. The molecule has 4 heterocycles. The predicted molar refractivity (Wildman–Crippen MR) is 129 cm³/mol. The number of Topliss-reactive ketones (excluding diaryl/α,β-unsaturated/α-hetero) is 1. The number of halogens is 3. The summed E-state index contributed by atoms with van der Waals surface area (Å²) in [6, 6.07) is 5.06. The van der Waals surface area contributed by atoms with Crippen molar-refractivity contribution in [3.63, 3.8) is 0 Å². The molecule has 0 amide bonds. The van der Waals surface area contributed by atoms with E-state index in [-0.39, 0.29) is 35.1 Å². The van der Waals surface area contributed by atoms with Crippen molar-refractivity contribution in [3.05, 3.63) is 53.4 Å². The quantitative estimate of drug-likeness (QED) is 0.571. The Labute approximate surface area is 207 Å². The monoisotopic (exact) mass is 523 g/mol. The van der Waals surface area contributed by atoms with Gasteiger partial charge in [0.15, 0.2) is 5.78 Å². The van der Waals surface area contributed by atoms with Crippen molar-refractivity contribution in [2.24, 2.45) is 15.1 Å². The Bertz CT molecular complexity index is 1320. The van der Waals surface area contributed by atoms with E-state index < -0.39 is 43.5 Å². The summed E-state index contributed by atoms with van der Waals surface area (Å²) in [5, 5.41) is -0.619. The Balaban J connectivity index is 1.70. The second-order valence-corrected chi connectivity index (χ2v) is 12.5. The molecule has 0 spiro atoms. The molecule has 0 saturated heterocycles. The van der Waals surface area contributed by atoms with E-state index >= 15 is 4.39 Å². The molecule has 0 unspecified atom stereocenters. The number of hydrogen-bond donors (Lipinski definition) is 1. The average Bonchev–Trinajstić information content (AvgIpc) is 3.02. The lowest BCUT2D eigenvalue weighted by molar-refractivity contribution is -0.0500. The molecule has 0 aliphatic carbocycles. The second-order valence-electron chi connectivity index (χ2n) is 9.55. The van der Waals surface area contributed by atoms with Crippen molar-refractivity contribution >= 4 is 21.3 Å². The summed E-state index contributed by atoms with van der Waals surface area (Å²) in [6.45, 7) is 2.59. The van der Waals surface area contributed by atoms with Crippen LogP contribution in [0.15, 0.2) is 39.8 Å². The summed E-state index contributed by atoms with van der Waals surface area (Å²) in [5.74, 6) is -1.16. The maximum atomic E-state index is 15.2. The van der Waals surface area contributed by atoms with Crippen LogP contribution in [-0.4, -0.2) is 48.9 Å². The minimum absolute atomic E-state index is 0.0165. The van der Waals surface area contributed by atoms with Gasteiger partial charge in [-0.05, 0) is 57.9 Å². The Morgan fingerprint density at radius 3 is 2.64 bits per heavy atom. The molecule has 194 valence electrons. The largest absolute Gasteiger partial charge is 0.433 e. The number of rotatable bonds is 6. The van der Waals surface area contributed by atoms with Gasteiger partial charge in [0.25, 0.3) is 0 Å². The van der Waals surface area contributed by atoms with Gasteiger partial charge in [0.1, 0.15) is 39.1 Å². The zero-order valence-corrected chi connectivity index (χ0v) is 21.0. The first-order chi connectivity index (χ1) is 16.9. The van der Waals surface area contributed by atoms with Gasteiger partial charge in [0.05, 0.1) is 27.6 Å². The fourth-order valence-corrected chi connectivity index (χ4v) is 7.95. The predicted octanol–water partition coefficient (Wildman–Crippen LogP) is 4.03. The van der Waals surface area contributed by atoms with Crippen molar-refractivity contribution in [2.75, 3.05) is 6.54 Å². The van der Waals surface area contributed by atoms with Gasteiger partial charge in [-0.25, -0.2) is 17.9 Å². The summed E-state index contributed by atoms with van der Waals surface area (Å²) in [7, 11) is -2.94. The first-order valence-corrected chi connectivity index (χ1v) is 13.1. The molecule has 3 atom stereocenters. The van der Waals surface area contributed by atoms with E-state index in [1.807, 2.05) is 0 Å². The molecule has 0 bridgehead atoms. The van der Waals surface area contributed by atoms with E-state index in [1.165, 1.54) is 24.3 Å². The zero-order valence-electron chi connectivity index (χ0n) is 20.2.